The summed E-state index contributed by atoms with van der Waals surface area (Å²) in [6.45, 7) is 1.57. The van der Waals surface area contributed by atoms with Gasteiger partial charge in [0.1, 0.15) is 11.6 Å². The Bertz CT molecular complexity index is 510. The SMILES string of the molecule is CCOC(=O)C(=O)CC(=O)c1cc(OC)ccc1F. The van der Waals surface area contributed by atoms with Gasteiger partial charge in [0.15, 0.2) is 5.78 Å². The van der Waals surface area contributed by atoms with Gasteiger partial charge in [0.2, 0.25) is 5.78 Å². The number of Topliss-reactive ketones (excluding diaryl/α,β-unsaturated/α-hetero) is 2. The second-order valence-corrected chi connectivity index (χ2v) is 3.59. The van der Waals surface area contributed by atoms with Crippen LogP contribution in [0, 0.1) is 5.82 Å². The Balaban J connectivity index is 2.83. The number of hydrogen-bond acceptors (Lipinski definition) is 5. The Kier molecular flexibility index (Phi) is 5.17. The van der Waals surface area contributed by atoms with E-state index in [1.807, 2.05) is 0 Å². The fourth-order valence-corrected chi connectivity index (χ4v) is 1.37. The molecular weight excluding hydrogens is 255 g/mol. The van der Waals surface area contributed by atoms with Gasteiger partial charge in [0, 0.05) is 0 Å². The number of hydrogen-bond donors (Lipinski definition) is 0. The molecule has 0 aliphatic rings. The summed E-state index contributed by atoms with van der Waals surface area (Å²) in [6.07, 6.45) is -0.733. The van der Waals surface area contributed by atoms with E-state index in [4.69, 9.17) is 4.74 Å². The number of carbonyl (C=O) groups excluding carboxylic acids is 3. The molecule has 0 bridgehead atoms. The molecular formula is C13H13FO5. The Hall–Kier alpha value is -2.24. The molecule has 0 atom stereocenters. The third-order valence-corrected chi connectivity index (χ3v) is 2.30. The minimum atomic E-state index is -1.10. The van der Waals surface area contributed by atoms with Gasteiger partial charge in [0.05, 0.1) is 25.7 Å². The van der Waals surface area contributed by atoms with Crippen molar-refractivity contribution in [2.45, 2.75) is 13.3 Å². The first-order valence-electron chi connectivity index (χ1n) is 5.56. The molecule has 19 heavy (non-hydrogen) atoms. The number of carbonyl (C=O) groups is 3. The number of methoxy groups -OCH3 is 1. The molecule has 0 N–H and O–H groups in total. The Morgan fingerprint density at radius 2 is 1.95 bits per heavy atom. The fraction of sp³-hybridized carbons (Fsp3) is 0.308. The quantitative estimate of drug-likeness (QED) is 0.339. The van der Waals surface area contributed by atoms with Crippen LogP contribution in [-0.4, -0.2) is 31.3 Å². The van der Waals surface area contributed by atoms with Crippen molar-refractivity contribution in [2.24, 2.45) is 0 Å². The lowest BCUT2D eigenvalue weighted by Gasteiger charge is -2.05. The summed E-state index contributed by atoms with van der Waals surface area (Å²) >= 11 is 0. The zero-order chi connectivity index (χ0) is 14.4. The molecule has 1 rings (SSSR count). The van der Waals surface area contributed by atoms with Crippen LogP contribution in [0.2, 0.25) is 0 Å². The molecule has 0 aromatic heterocycles. The van der Waals surface area contributed by atoms with Crippen molar-refractivity contribution in [1.82, 2.24) is 0 Å². The van der Waals surface area contributed by atoms with Gasteiger partial charge in [-0.15, -0.1) is 0 Å². The minimum absolute atomic E-state index is 0.0340. The summed E-state index contributed by atoms with van der Waals surface area (Å²) in [5.41, 5.74) is -0.294. The van der Waals surface area contributed by atoms with Crippen molar-refractivity contribution in [1.29, 1.82) is 0 Å². The zero-order valence-electron chi connectivity index (χ0n) is 10.6. The number of rotatable bonds is 6. The number of esters is 1. The van der Waals surface area contributed by atoms with E-state index in [0.29, 0.717) is 0 Å². The predicted octanol–water partition coefficient (Wildman–Crippen LogP) is 1.54. The minimum Gasteiger partial charge on any atom is -0.497 e. The molecule has 1 aromatic carbocycles. The van der Waals surface area contributed by atoms with E-state index in [-0.39, 0.29) is 17.9 Å². The largest absolute Gasteiger partial charge is 0.497 e. The summed E-state index contributed by atoms with van der Waals surface area (Å²) in [4.78, 5) is 34.1. The van der Waals surface area contributed by atoms with Crippen molar-refractivity contribution in [3.05, 3.63) is 29.6 Å². The van der Waals surface area contributed by atoms with Crippen LogP contribution >= 0.6 is 0 Å². The van der Waals surface area contributed by atoms with Crippen LogP contribution in [0.25, 0.3) is 0 Å². The Morgan fingerprint density at radius 3 is 2.53 bits per heavy atom. The summed E-state index contributed by atoms with van der Waals surface area (Å²) in [7, 11) is 1.37. The Labute approximate surface area is 109 Å². The van der Waals surface area contributed by atoms with Gasteiger partial charge < -0.3 is 9.47 Å². The molecule has 0 aliphatic heterocycles. The van der Waals surface area contributed by atoms with Crippen LogP contribution in [0.3, 0.4) is 0 Å². The molecule has 0 aliphatic carbocycles. The molecule has 0 saturated heterocycles. The van der Waals surface area contributed by atoms with E-state index in [1.54, 1.807) is 0 Å². The van der Waals surface area contributed by atoms with Gasteiger partial charge in [-0.25, -0.2) is 9.18 Å². The van der Waals surface area contributed by atoms with E-state index < -0.39 is 29.8 Å². The second-order valence-electron chi connectivity index (χ2n) is 3.59. The van der Waals surface area contributed by atoms with Crippen LogP contribution in [-0.2, 0) is 14.3 Å². The highest BCUT2D eigenvalue weighted by molar-refractivity contribution is 6.38. The molecule has 0 heterocycles. The molecule has 0 saturated carbocycles. The number of halogens is 1. The van der Waals surface area contributed by atoms with Gasteiger partial charge in [-0.2, -0.15) is 0 Å². The molecule has 102 valence electrons. The van der Waals surface area contributed by atoms with Crippen molar-refractivity contribution < 1.29 is 28.2 Å². The molecule has 0 radical (unpaired) electrons. The van der Waals surface area contributed by atoms with E-state index in [2.05, 4.69) is 4.74 Å². The molecule has 0 fully saturated rings. The van der Waals surface area contributed by atoms with Gasteiger partial charge in [-0.1, -0.05) is 0 Å². The molecule has 0 spiro atoms. The molecule has 0 amide bonds. The Morgan fingerprint density at radius 1 is 1.26 bits per heavy atom. The van der Waals surface area contributed by atoms with E-state index in [0.717, 1.165) is 6.07 Å². The number of ether oxygens (including phenoxy) is 2. The van der Waals surface area contributed by atoms with Crippen LogP contribution in [0.1, 0.15) is 23.7 Å². The molecule has 5 nitrogen and oxygen atoms in total. The van der Waals surface area contributed by atoms with E-state index in [9.17, 15) is 18.8 Å². The highest BCUT2D eigenvalue weighted by Crippen LogP contribution is 2.18. The van der Waals surface area contributed by atoms with E-state index >= 15 is 0 Å². The summed E-state index contributed by atoms with van der Waals surface area (Å²) in [6, 6.07) is 3.58. The smallest absolute Gasteiger partial charge is 0.375 e. The fourth-order valence-electron chi connectivity index (χ4n) is 1.37. The monoisotopic (exact) mass is 268 g/mol. The lowest BCUT2D eigenvalue weighted by molar-refractivity contribution is -0.153. The first kappa shape index (κ1) is 14.8. The third kappa shape index (κ3) is 3.87. The van der Waals surface area contributed by atoms with E-state index in [1.165, 1.54) is 26.2 Å². The second kappa shape index (κ2) is 6.63. The van der Waals surface area contributed by atoms with Crippen molar-refractivity contribution >= 4 is 17.5 Å². The first-order valence-corrected chi connectivity index (χ1v) is 5.56. The van der Waals surface area contributed by atoms with Gasteiger partial charge >= 0.3 is 5.97 Å². The van der Waals surface area contributed by atoms with Gasteiger partial charge in [-0.05, 0) is 25.1 Å². The molecule has 1 aromatic rings. The number of ketones is 2. The maximum Gasteiger partial charge on any atom is 0.375 e. The van der Waals surface area contributed by atoms with Crippen LogP contribution in [0.5, 0.6) is 5.75 Å². The predicted molar refractivity (Wildman–Crippen MR) is 63.5 cm³/mol. The zero-order valence-corrected chi connectivity index (χ0v) is 10.6. The summed E-state index contributed by atoms with van der Waals surface area (Å²) in [5, 5.41) is 0. The molecule has 0 unspecified atom stereocenters. The lowest BCUT2D eigenvalue weighted by Crippen LogP contribution is -2.21. The van der Waals surface area contributed by atoms with Crippen molar-refractivity contribution in [3.8, 4) is 5.75 Å². The van der Waals surface area contributed by atoms with Crippen molar-refractivity contribution in [3.63, 3.8) is 0 Å². The van der Waals surface area contributed by atoms with Gasteiger partial charge in [0.25, 0.3) is 0 Å². The van der Waals surface area contributed by atoms with Crippen LogP contribution in [0.4, 0.5) is 4.39 Å². The average Bonchev–Trinajstić information content (AvgIpc) is 2.39. The molecule has 6 heteroatoms. The maximum atomic E-state index is 13.5. The maximum absolute atomic E-state index is 13.5. The lowest BCUT2D eigenvalue weighted by atomic mass is 10.1. The van der Waals surface area contributed by atoms with Crippen LogP contribution in [0.15, 0.2) is 18.2 Å². The van der Waals surface area contributed by atoms with Gasteiger partial charge in [-0.3, -0.25) is 9.59 Å². The highest BCUT2D eigenvalue weighted by Gasteiger charge is 2.22. The summed E-state index contributed by atoms with van der Waals surface area (Å²) < 4.78 is 22.8. The standard InChI is InChI=1S/C13H13FO5/c1-3-19-13(17)12(16)7-11(15)9-6-8(18-2)4-5-10(9)14/h4-6H,3,7H2,1-2H3. The first-order chi connectivity index (χ1) is 8.99. The summed E-state index contributed by atoms with van der Waals surface area (Å²) in [5.74, 6) is -3.39. The van der Waals surface area contributed by atoms with Crippen molar-refractivity contribution in [2.75, 3.05) is 13.7 Å². The third-order valence-electron chi connectivity index (χ3n) is 2.30. The number of benzene rings is 1. The average molecular weight is 268 g/mol. The highest BCUT2D eigenvalue weighted by atomic mass is 19.1. The van der Waals surface area contributed by atoms with Crippen LogP contribution < -0.4 is 4.74 Å². The topological polar surface area (TPSA) is 69.7 Å². The normalized spacial score (nSPS) is 9.84.